The lowest BCUT2D eigenvalue weighted by atomic mass is 9.98. The second-order valence-corrected chi connectivity index (χ2v) is 4.43. The van der Waals surface area contributed by atoms with Crippen molar-refractivity contribution < 1.29 is 9.18 Å². The number of primary amides is 1. The maximum Gasteiger partial charge on any atom is 0.249 e. The van der Waals surface area contributed by atoms with E-state index in [9.17, 15) is 9.18 Å². The number of hydrogen-bond acceptors (Lipinski definition) is 1. The third-order valence-corrected chi connectivity index (χ3v) is 3.14. The van der Waals surface area contributed by atoms with Gasteiger partial charge in [-0.25, -0.2) is 4.39 Å². The Bertz CT molecular complexity index is 625. The highest BCUT2D eigenvalue weighted by atomic mass is 35.5. The zero-order chi connectivity index (χ0) is 13.3. The predicted octanol–water partition coefficient (Wildman–Crippen LogP) is 3.55. The molecule has 2 aromatic rings. The van der Waals surface area contributed by atoms with Crippen molar-refractivity contribution in [3.8, 4) is 11.1 Å². The predicted molar refractivity (Wildman–Crippen MR) is 70.1 cm³/mol. The Morgan fingerprint density at radius 2 is 1.94 bits per heavy atom. The Hall–Kier alpha value is -1.87. The van der Waals surface area contributed by atoms with E-state index in [1.807, 2.05) is 19.1 Å². The number of rotatable bonds is 2. The van der Waals surface area contributed by atoms with Crippen molar-refractivity contribution in [3.05, 3.63) is 58.4 Å². The Morgan fingerprint density at radius 3 is 2.56 bits per heavy atom. The summed E-state index contributed by atoms with van der Waals surface area (Å²) in [5, 5.41) is 0.590. The molecule has 2 aromatic carbocycles. The summed E-state index contributed by atoms with van der Waals surface area (Å²) in [6.07, 6.45) is 0. The molecule has 0 heterocycles. The molecule has 0 spiro atoms. The van der Waals surface area contributed by atoms with Gasteiger partial charge in [-0.1, -0.05) is 29.8 Å². The zero-order valence-corrected chi connectivity index (χ0v) is 10.5. The first-order valence-electron chi connectivity index (χ1n) is 5.35. The van der Waals surface area contributed by atoms with Gasteiger partial charge >= 0.3 is 0 Å². The number of benzene rings is 2. The van der Waals surface area contributed by atoms with Crippen LogP contribution < -0.4 is 5.73 Å². The first kappa shape index (κ1) is 12.6. The molecule has 0 saturated carbocycles. The van der Waals surface area contributed by atoms with E-state index >= 15 is 0 Å². The fourth-order valence-electron chi connectivity index (χ4n) is 1.73. The van der Waals surface area contributed by atoms with Gasteiger partial charge in [0, 0.05) is 10.6 Å². The van der Waals surface area contributed by atoms with Crippen LogP contribution in [0.2, 0.25) is 5.02 Å². The molecule has 0 aliphatic heterocycles. The smallest absolute Gasteiger partial charge is 0.249 e. The van der Waals surface area contributed by atoms with Crippen LogP contribution in [0.5, 0.6) is 0 Å². The van der Waals surface area contributed by atoms with Gasteiger partial charge in [0.2, 0.25) is 5.91 Å². The molecule has 18 heavy (non-hydrogen) atoms. The van der Waals surface area contributed by atoms with Crippen LogP contribution in [0.1, 0.15) is 15.9 Å². The molecule has 2 N–H and O–H groups in total. The minimum Gasteiger partial charge on any atom is -0.366 e. The van der Waals surface area contributed by atoms with Gasteiger partial charge in [0.1, 0.15) is 5.82 Å². The lowest BCUT2D eigenvalue weighted by Crippen LogP contribution is -2.12. The molecule has 2 rings (SSSR count). The fourth-order valence-corrected chi connectivity index (χ4v) is 1.91. The standard InChI is InChI=1S/C14H11ClFNO/c1-8-2-3-9(6-13(8)15)11-5-4-10(16)7-12(11)14(17)18/h2-7H,1H3,(H2,17,18). The Kier molecular flexibility index (Phi) is 3.34. The molecular weight excluding hydrogens is 253 g/mol. The van der Waals surface area contributed by atoms with Crippen LogP contribution >= 0.6 is 11.6 Å². The van der Waals surface area contributed by atoms with Crippen LogP contribution in [0.3, 0.4) is 0 Å². The van der Waals surface area contributed by atoms with Gasteiger partial charge in [-0.3, -0.25) is 4.79 Å². The molecule has 2 nitrogen and oxygen atoms in total. The first-order valence-corrected chi connectivity index (χ1v) is 5.72. The van der Waals surface area contributed by atoms with Crippen molar-refractivity contribution in [3.63, 3.8) is 0 Å². The molecular formula is C14H11ClFNO. The quantitative estimate of drug-likeness (QED) is 0.885. The van der Waals surface area contributed by atoms with E-state index in [4.69, 9.17) is 17.3 Å². The number of halogens is 2. The monoisotopic (exact) mass is 263 g/mol. The average Bonchev–Trinajstić information content (AvgIpc) is 2.32. The largest absolute Gasteiger partial charge is 0.366 e. The number of amides is 1. The van der Waals surface area contributed by atoms with Gasteiger partial charge in [-0.15, -0.1) is 0 Å². The maximum atomic E-state index is 13.1. The number of nitrogens with two attached hydrogens (primary N) is 1. The Morgan fingerprint density at radius 1 is 1.22 bits per heavy atom. The second-order valence-electron chi connectivity index (χ2n) is 4.02. The average molecular weight is 264 g/mol. The molecule has 4 heteroatoms. The molecule has 0 aliphatic rings. The lowest BCUT2D eigenvalue weighted by molar-refractivity contribution is 0.100. The van der Waals surface area contributed by atoms with Crippen molar-refractivity contribution in [1.82, 2.24) is 0 Å². The molecule has 1 amide bonds. The van der Waals surface area contributed by atoms with E-state index in [1.165, 1.54) is 12.1 Å². The Labute approximate surface area is 109 Å². The van der Waals surface area contributed by atoms with Gasteiger partial charge < -0.3 is 5.73 Å². The summed E-state index contributed by atoms with van der Waals surface area (Å²) in [7, 11) is 0. The van der Waals surface area contributed by atoms with E-state index in [1.54, 1.807) is 6.07 Å². The number of aryl methyl sites for hydroxylation is 1. The number of hydrogen-bond donors (Lipinski definition) is 1. The summed E-state index contributed by atoms with van der Waals surface area (Å²) in [5.74, 6) is -1.16. The third-order valence-electron chi connectivity index (χ3n) is 2.73. The molecule has 0 bridgehead atoms. The summed E-state index contributed by atoms with van der Waals surface area (Å²) in [6, 6.07) is 9.33. The van der Waals surface area contributed by atoms with Crippen molar-refractivity contribution in [2.45, 2.75) is 6.92 Å². The summed E-state index contributed by atoms with van der Waals surface area (Å²) in [4.78, 5) is 11.3. The van der Waals surface area contributed by atoms with E-state index in [0.717, 1.165) is 17.2 Å². The van der Waals surface area contributed by atoms with Crippen LogP contribution in [0, 0.1) is 12.7 Å². The van der Waals surface area contributed by atoms with Crippen molar-refractivity contribution >= 4 is 17.5 Å². The molecule has 0 unspecified atom stereocenters. The summed E-state index contributed by atoms with van der Waals surface area (Å²) in [5.41, 5.74) is 7.64. The third kappa shape index (κ3) is 2.36. The van der Waals surface area contributed by atoms with Crippen molar-refractivity contribution in [1.29, 1.82) is 0 Å². The normalized spacial score (nSPS) is 10.4. The highest BCUT2D eigenvalue weighted by Gasteiger charge is 2.12. The van der Waals surface area contributed by atoms with E-state index in [2.05, 4.69) is 0 Å². The minimum absolute atomic E-state index is 0.148. The first-order chi connectivity index (χ1) is 8.49. The highest BCUT2D eigenvalue weighted by molar-refractivity contribution is 6.31. The van der Waals surface area contributed by atoms with E-state index in [0.29, 0.717) is 10.6 Å². The topological polar surface area (TPSA) is 43.1 Å². The van der Waals surface area contributed by atoms with Gasteiger partial charge in [-0.2, -0.15) is 0 Å². The maximum absolute atomic E-state index is 13.1. The summed E-state index contributed by atoms with van der Waals surface area (Å²) >= 11 is 6.04. The highest BCUT2D eigenvalue weighted by Crippen LogP contribution is 2.28. The van der Waals surface area contributed by atoms with Gasteiger partial charge in [0.15, 0.2) is 0 Å². The molecule has 0 radical (unpaired) electrons. The van der Waals surface area contributed by atoms with Crippen molar-refractivity contribution in [2.24, 2.45) is 5.73 Å². The van der Waals surface area contributed by atoms with Crippen LogP contribution in [0.15, 0.2) is 36.4 Å². The van der Waals surface area contributed by atoms with Crippen molar-refractivity contribution in [2.75, 3.05) is 0 Å². The van der Waals surface area contributed by atoms with Gasteiger partial charge in [0.25, 0.3) is 0 Å². The molecule has 0 aliphatic carbocycles. The molecule has 0 saturated heterocycles. The van der Waals surface area contributed by atoms with Crippen LogP contribution in [0.25, 0.3) is 11.1 Å². The Balaban J connectivity index is 2.63. The van der Waals surface area contributed by atoms with Gasteiger partial charge in [0.05, 0.1) is 0 Å². The van der Waals surface area contributed by atoms with E-state index < -0.39 is 11.7 Å². The van der Waals surface area contributed by atoms with Gasteiger partial charge in [-0.05, 0) is 41.8 Å². The van der Waals surface area contributed by atoms with Crippen LogP contribution in [-0.2, 0) is 0 Å². The molecule has 0 aromatic heterocycles. The number of carbonyl (C=O) groups excluding carboxylic acids is 1. The van der Waals surface area contributed by atoms with Crippen LogP contribution in [0.4, 0.5) is 4.39 Å². The van der Waals surface area contributed by atoms with E-state index in [-0.39, 0.29) is 5.56 Å². The summed E-state index contributed by atoms with van der Waals surface area (Å²) in [6.45, 7) is 1.88. The molecule has 0 fully saturated rings. The summed E-state index contributed by atoms with van der Waals surface area (Å²) < 4.78 is 13.1. The fraction of sp³-hybridized carbons (Fsp3) is 0.0714. The zero-order valence-electron chi connectivity index (χ0n) is 9.71. The number of carbonyl (C=O) groups is 1. The second kappa shape index (κ2) is 4.78. The minimum atomic E-state index is -0.666. The molecule has 0 atom stereocenters. The van der Waals surface area contributed by atoms with Crippen LogP contribution in [-0.4, -0.2) is 5.91 Å². The lowest BCUT2D eigenvalue weighted by Gasteiger charge is -2.08. The molecule has 92 valence electrons. The SMILES string of the molecule is Cc1ccc(-c2ccc(F)cc2C(N)=O)cc1Cl.